The second-order valence-electron chi connectivity index (χ2n) is 6.58. The highest BCUT2D eigenvalue weighted by Crippen LogP contribution is 2.24. The molecule has 1 aromatic carbocycles. The summed E-state index contributed by atoms with van der Waals surface area (Å²) in [5.41, 5.74) is 1.17. The standard InChI is InChI=1S/C19H26N4O3S/c1-4-22-9-11-23(12-10-22)18(24)15(3)27-19-21-20-17(26-19)13-25-16-7-5-14(2)6-8-16/h5-8,15H,4,9-13H2,1-3H3. The van der Waals surface area contributed by atoms with Gasteiger partial charge in [0.05, 0.1) is 5.25 Å². The molecule has 1 aliphatic heterocycles. The summed E-state index contributed by atoms with van der Waals surface area (Å²) in [6, 6.07) is 7.77. The Bertz CT molecular complexity index is 742. The van der Waals surface area contributed by atoms with E-state index in [0.717, 1.165) is 38.5 Å². The van der Waals surface area contributed by atoms with Crippen molar-refractivity contribution in [3.63, 3.8) is 0 Å². The molecule has 8 heteroatoms. The Morgan fingerprint density at radius 2 is 1.93 bits per heavy atom. The second-order valence-corrected chi connectivity index (χ2v) is 7.88. The van der Waals surface area contributed by atoms with Crippen molar-refractivity contribution in [2.24, 2.45) is 0 Å². The van der Waals surface area contributed by atoms with E-state index in [9.17, 15) is 4.79 Å². The Labute approximate surface area is 164 Å². The van der Waals surface area contributed by atoms with Gasteiger partial charge in [-0.25, -0.2) is 0 Å². The van der Waals surface area contributed by atoms with Crippen molar-refractivity contribution in [2.45, 2.75) is 37.9 Å². The Morgan fingerprint density at radius 3 is 2.59 bits per heavy atom. The molecule has 0 N–H and O–H groups in total. The number of benzene rings is 1. The largest absolute Gasteiger partial charge is 0.484 e. The van der Waals surface area contributed by atoms with E-state index in [4.69, 9.17) is 9.15 Å². The lowest BCUT2D eigenvalue weighted by molar-refractivity contribution is -0.132. The van der Waals surface area contributed by atoms with Gasteiger partial charge in [-0.3, -0.25) is 4.79 Å². The first-order chi connectivity index (χ1) is 13.0. The van der Waals surface area contributed by atoms with Gasteiger partial charge in [-0.05, 0) is 32.5 Å². The van der Waals surface area contributed by atoms with Crippen molar-refractivity contribution in [3.8, 4) is 5.75 Å². The molecule has 1 aliphatic rings. The third kappa shape index (κ3) is 5.46. The summed E-state index contributed by atoms with van der Waals surface area (Å²) in [6.07, 6.45) is 0. The molecule has 0 aliphatic carbocycles. The Morgan fingerprint density at radius 1 is 1.22 bits per heavy atom. The van der Waals surface area contributed by atoms with Crippen LogP contribution in [0.1, 0.15) is 25.3 Å². The van der Waals surface area contributed by atoms with Crippen LogP contribution in [-0.2, 0) is 11.4 Å². The maximum Gasteiger partial charge on any atom is 0.277 e. The molecule has 3 rings (SSSR count). The van der Waals surface area contributed by atoms with Crippen molar-refractivity contribution < 1.29 is 13.9 Å². The molecular formula is C19H26N4O3S. The number of amides is 1. The van der Waals surface area contributed by atoms with Crippen LogP contribution in [0, 0.1) is 6.92 Å². The van der Waals surface area contributed by atoms with Crippen LogP contribution in [0.5, 0.6) is 5.75 Å². The van der Waals surface area contributed by atoms with Gasteiger partial charge in [0.15, 0.2) is 6.61 Å². The monoisotopic (exact) mass is 390 g/mol. The van der Waals surface area contributed by atoms with Crippen LogP contribution in [0.15, 0.2) is 33.9 Å². The number of likely N-dealkylation sites (N-methyl/N-ethyl adjacent to an activating group) is 1. The van der Waals surface area contributed by atoms with Gasteiger partial charge in [0, 0.05) is 26.2 Å². The molecule has 1 aromatic heterocycles. The van der Waals surface area contributed by atoms with Crippen LogP contribution in [0.4, 0.5) is 0 Å². The van der Waals surface area contributed by atoms with Crippen LogP contribution in [0.25, 0.3) is 0 Å². The van der Waals surface area contributed by atoms with Crippen LogP contribution in [0.2, 0.25) is 0 Å². The molecule has 2 heterocycles. The molecule has 146 valence electrons. The zero-order valence-electron chi connectivity index (χ0n) is 16.1. The van der Waals surface area contributed by atoms with E-state index in [1.54, 1.807) is 0 Å². The lowest BCUT2D eigenvalue weighted by Crippen LogP contribution is -2.50. The summed E-state index contributed by atoms with van der Waals surface area (Å²) in [5.74, 6) is 1.27. The first-order valence-electron chi connectivity index (χ1n) is 9.25. The van der Waals surface area contributed by atoms with Gasteiger partial charge in [-0.15, -0.1) is 10.2 Å². The summed E-state index contributed by atoms with van der Waals surface area (Å²) >= 11 is 1.30. The van der Waals surface area contributed by atoms with Crippen molar-refractivity contribution in [1.82, 2.24) is 20.0 Å². The molecule has 1 fully saturated rings. The maximum atomic E-state index is 12.6. The molecule has 2 aromatic rings. The van der Waals surface area contributed by atoms with Gasteiger partial charge in [-0.1, -0.05) is 36.4 Å². The van der Waals surface area contributed by atoms with Crippen molar-refractivity contribution in [2.75, 3.05) is 32.7 Å². The maximum absolute atomic E-state index is 12.6. The van der Waals surface area contributed by atoms with Gasteiger partial charge in [0.2, 0.25) is 5.91 Å². The SMILES string of the molecule is CCN1CCN(C(=O)C(C)Sc2nnc(COc3ccc(C)cc3)o2)CC1. The van der Waals surface area contributed by atoms with Crippen molar-refractivity contribution in [3.05, 3.63) is 35.7 Å². The van der Waals surface area contributed by atoms with Gasteiger partial charge in [0.25, 0.3) is 11.1 Å². The summed E-state index contributed by atoms with van der Waals surface area (Å²) in [7, 11) is 0. The van der Waals surface area contributed by atoms with Crippen LogP contribution < -0.4 is 4.74 Å². The molecule has 1 saturated heterocycles. The van der Waals surface area contributed by atoms with Gasteiger partial charge in [0.1, 0.15) is 5.75 Å². The number of hydrogen-bond acceptors (Lipinski definition) is 7. The number of nitrogens with zero attached hydrogens (tertiary/aromatic N) is 4. The molecule has 27 heavy (non-hydrogen) atoms. The second kappa shape index (κ2) is 9.23. The number of ether oxygens (including phenoxy) is 1. The number of aryl methyl sites for hydroxylation is 1. The number of aromatic nitrogens is 2. The summed E-state index contributed by atoms with van der Waals surface area (Å²) in [5, 5.41) is 8.16. The third-order valence-electron chi connectivity index (χ3n) is 4.59. The fraction of sp³-hybridized carbons (Fsp3) is 0.526. The van der Waals surface area contributed by atoms with Gasteiger partial charge >= 0.3 is 0 Å². The Hall–Kier alpha value is -2.06. The van der Waals surface area contributed by atoms with Crippen LogP contribution in [0.3, 0.4) is 0 Å². The highest BCUT2D eigenvalue weighted by atomic mass is 32.2. The zero-order valence-corrected chi connectivity index (χ0v) is 16.9. The molecule has 0 bridgehead atoms. The first-order valence-corrected chi connectivity index (χ1v) is 10.1. The third-order valence-corrected chi connectivity index (χ3v) is 5.51. The number of carbonyl (C=O) groups excluding carboxylic acids is 1. The number of rotatable bonds is 7. The van der Waals surface area contributed by atoms with Crippen LogP contribution >= 0.6 is 11.8 Å². The lowest BCUT2D eigenvalue weighted by Gasteiger charge is -2.35. The number of carbonyl (C=O) groups is 1. The molecule has 7 nitrogen and oxygen atoms in total. The minimum Gasteiger partial charge on any atom is -0.484 e. The van der Waals surface area contributed by atoms with Crippen LogP contribution in [-0.4, -0.2) is 63.9 Å². The smallest absolute Gasteiger partial charge is 0.277 e. The molecule has 0 spiro atoms. The predicted molar refractivity (Wildman–Crippen MR) is 104 cm³/mol. The van der Waals surface area contributed by atoms with E-state index in [1.165, 1.54) is 17.3 Å². The number of piperazine rings is 1. The predicted octanol–water partition coefficient (Wildman–Crippen LogP) is 2.60. The summed E-state index contributed by atoms with van der Waals surface area (Å²) < 4.78 is 11.3. The highest BCUT2D eigenvalue weighted by Gasteiger charge is 2.26. The van der Waals surface area contributed by atoms with E-state index in [1.807, 2.05) is 43.0 Å². The number of hydrogen-bond donors (Lipinski definition) is 0. The molecule has 1 atom stereocenters. The lowest BCUT2D eigenvalue weighted by atomic mass is 10.2. The van der Waals surface area contributed by atoms with E-state index in [-0.39, 0.29) is 17.8 Å². The number of thioether (sulfide) groups is 1. The molecule has 0 radical (unpaired) electrons. The van der Waals surface area contributed by atoms with E-state index in [2.05, 4.69) is 22.0 Å². The Kier molecular flexibility index (Phi) is 6.73. The minimum atomic E-state index is -0.260. The summed E-state index contributed by atoms with van der Waals surface area (Å²) in [4.78, 5) is 16.9. The summed E-state index contributed by atoms with van der Waals surface area (Å²) in [6.45, 7) is 10.7. The molecular weight excluding hydrogens is 364 g/mol. The fourth-order valence-electron chi connectivity index (χ4n) is 2.87. The molecule has 0 saturated carbocycles. The minimum absolute atomic E-state index is 0.117. The highest BCUT2D eigenvalue weighted by molar-refractivity contribution is 8.00. The average Bonchev–Trinajstić information content (AvgIpc) is 3.14. The van der Waals surface area contributed by atoms with E-state index < -0.39 is 0 Å². The van der Waals surface area contributed by atoms with Crippen molar-refractivity contribution in [1.29, 1.82) is 0 Å². The zero-order chi connectivity index (χ0) is 19.2. The quantitative estimate of drug-likeness (QED) is 0.673. The molecule has 1 unspecified atom stereocenters. The van der Waals surface area contributed by atoms with E-state index >= 15 is 0 Å². The van der Waals surface area contributed by atoms with Gasteiger partial charge < -0.3 is 19.0 Å². The van der Waals surface area contributed by atoms with E-state index in [0.29, 0.717) is 11.1 Å². The Balaban J connectivity index is 1.48. The normalized spacial score (nSPS) is 16.3. The molecule has 1 amide bonds. The topological polar surface area (TPSA) is 71.7 Å². The first kappa shape index (κ1) is 19.7. The average molecular weight is 391 g/mol. The fourth-order valence-corrected chi connectivity index (χ4v) is 3.65. The van der Waals surface area contributed by atoms with Gasteiger partial charge in [-0.2, -0.15) is 0 Å². The van der Waals surface area contributed by atoms with Crippen molar-refractivity contribution >= 4 is 17.7 Å².